The summed E-state index contributed by atoms with van der Waals surface area (Å²) in [5.41, 5.74) is 6.40. The third-order valence-electron chi connectivity index (χ3n) is 2.22. The largest absolute Gasteiger partial charge is 0.375 e. The van der Waals surface area contributed by atoms with Gasteiger partial charge in [-0.25, -0.2) is 13.8 Å². The number of aryl methyl sites for hydroxylation is 1. The molecule has 0 aliphatic heterocycles. The van der Waals surface area contributed by atoms with Crippen LogP contribution in [0.25, 0.3) is 11.3 Å². The Hall–Kier alpha value is -1.49. The second kappa shape index (κ2) is 4.17. The number of aromatic nitrogens is 1. The molecule has 0 saturated heterocycles. The Labute approximate surface area is 95.7 Å². The van der Waals surface area contributed by atoms with E-state index in [0.29, 0.717) is 16.4 Å². The van der Waals surface area contributed by atoms with Crippen LogP contribution in [-0.4, -0.2) is 4.98 Å². The van der Waals surface area contributed by atoms with Crippen LogP contribution < -0.4 is 5.73 Å². The van der Waals surface area contributed by atoms with Crippen LogP contribution in [0.5, 0.6) is 0 Å². The van der Waals surface area contributed by atoms with E-state index in [4.69, 9.17) is 5.73 Å². The summed E-state index contributed by atoms with van der Waals surface area (Å²) in [6.45, 7) is 1.94. The number of hydrogen-bond acceptors (Lipinski definition) is 3. The van der Waals surface area contributed by atoms with Crippen LogP contribution in [0.15, 0.2) is 18.2 Å². The average Bonchev–Trinajstić information content (AvgIpc) is 2.59. The number of nitrogens with two attached hydrogens (primary N) is 1. The van der Waals surface area contributed by atoms with Crippen LogP contribution >= 0.6 is 11.3 Å². The first kappa shape index (κ1) is 11.0. The van der Waals surface area contributed by atoms with Crippen molar-refractivity contribution in [3.63, 3.8) is 0 Å². The number of halogens is 2. The van der Waals surface area contributed by atoms with Crippen molar-refractivity contribution in [2.45, 2.75) is 13.3 Å². The molecule has 0 aliphatic rings. The van der Waals surface area contributed by atoms with Crippen molar-refractivity contribution < 1.29 is 8.78 Å². The summed E-state index contributed by atoms with van der Waals surface area (Å²) < 4.78 is 26.3. The number of hydrogen-bond donors (Lipinski definition) is 1. The summed E-state index contributed by atoms with van der Waals surface area (Å²) in [5, 5.41) is 0.399. The number of thiazole rings is 1. The first-order valence-corrected chi connectivity index (χ1v) is 5.64. The van der Waals surface area contributed by atoms with Gasteiger partial charge in [-0.15, -0.1) is 11.3 Å². The molecule has 0 unspecified atom stereocenters. The Morgan fingerprint density at radius 2 is 2.12 bits per heavy atom. The molecule has 1 heterocycles. The van der Waals surface area contributed by atoms with Gasteiger partial charge >= 0.3 is 0 Å². The van der Waals surface area contributed by atoms with Crippen molar-refractivity contribution in [2.75, 3.05) is 5.73 Å². The maximum atomic E-state index is 13.5. The molecule has 0 fully saturated rings. The fourth-order valence-electron chi connectivity index (χ4n) is 1.50. The van der Waals surface area contributed by atoms with E-state index in [1.54, 1.807) is 0 Å². The van der Waals surface area contributed by atoms with Gasteiger partial charge in [0.25, 0.3) is 0 Å². The molecule has 5 heteroatoms. The highest BCUT2D eigenvalue weighted by Crippen LogP contribution is 2.31. The molecular weight excluding hydrogens is 230 g/mol. The summed E-state index contributed by atoms with van der Waals surface area (Å²) in [7, 11) is 0. The summed E-state index contributed by atoms with van der Waals surface area (Å²) in [5.74, 6) is -1.21. The summed E-state index contributed by atoms with van der Waals surface area (Å²) in [6, 6.07) is 3.45. The van der Waals surface area contributed by atoms with Crippen LogP contribution in [0.4, 0.5) is 13.9 Å². The van der Waals surface area contributed by atoms with Gasteiger partial charge in [0.1, 0.15) is 11.6 Å². The SMILES string of the molecule is CCc1sc(N)nc1-c1ccc(F)cc1F. The molecule has 0 amide bonds. The summed E-state index contributed by atoms with van der Waals surface area (Å²) in [6.07, 6.45) is 0.723. The molecule has 0 atom stereocenters. The van der Waals surface area contributed by atoms with E-state index in [1.165, 1.54) is 23.5 Å². The lowest BCUT2D eigenvalue weighted by Gasteiger charge is -2.01. The van der Waals surface area contributed by atoms with E-state index < -0.39 is 11.6 Å². The zero-order valence-corrected chi connectivity index (χ0v) is 9.44. The Morgan fingerprint density at radius 3 is 2.75 bits per heavy atom. The Kier molecular flexibility index (Phi) is 2.87. The van der Waals surface area contributed by atoms with E-state index in [9.17, 15) is 8.78 Å². The van der Waals surface area contributed by atoms with E-state index in [1.807, 2.05) is 6.92 Å². The molecule has 0 aliphatic carbocycles. The fourth-order valence-corrected chi connectivity index (χ4v) is 2.29. The Morgan fingerprint density at radius 1 is 1.38 bits per heavy atom. The van der Waals surface area contributed by atoms with Gasteiger partial charge in [0.15, 0.2) is 5.13 Å². The van der Waals surface area contributed by atoms with Crippen LogP contribution in [0, 0.1) is 11.6 Å². The molecule has 1 aromatic carbocycles. The second-order valence-electron chi connectivity index (χ2n) is 3.30. The predicted octanol–water partition coefficient (Wildman–Crippen LogP) is 3.23. The average molecular weight is 240 g/mol. The quantitative estimate of drug-likeness (QED) is 0.875. The normalized spacial score (nSPS) is 10.7. The molecule has 0 radical (unpaired) electrons. The molecule has 0 spiro atoms. The summed E-state index contributed by atoms with van der Waals surface area (Å²) in [4.78, 5) is 4.98. The van der Waals surface area contributed by atoms with Crippen molar-refractivity contribution in [2.24, 2.45) is 0 Å². The highest BCUT2D eigenvalue weighted by atomic mass is 32.1. The van der Waals surface area contributed by atoms with Crippen LogP contribution in [-0.2, 0) is 6.42 Å². The lowest BCUT2D eigenvalue weighted by Crippen LogP contribution is -1.90. The van der Waals surface area contributed by atoms with Gasteiger partial charge in [-0.3, -0.25) is 0 Å². The van der Waals surface area contributed by atoms with Crippen LogP contribution in [0.1, 0.15) is 11.8 Å². The molecule has 2 nitrogen and oxygen atoms in total. The fraction of sp³-hybridized carbons (Fsp3) is 0.182. The van der Waals surface area contributed by atoms with Crippen molar-refractivity contribution in [3.8, 4) is 11.3 Å². The van der Waals surface area contributed by atoms with E-state index in [2.05, 4.69) is 4.98 Å². The van der Waals surface area contributed by atoms with Crippen molar-refractivity contribution in [3.05, 3.63) is 34.7 Å². The maximum absolute atomic E-state index is 13.5. The number of rotatable bonds is 2. The van der Waals surface area contributed by atoms with Crippen molar-refractivity contribution in [1.82, 2.24) is 4.98 Å². The monoisotopic (exact) mass is 240 g/mol. The molecule has 84 valence electrons. The number of benzene rings is 1. The molecule has 2 N–H and O–H groups in total. The molecule has 2 aromatic rings. The molecule has 1 aromatic heterocycles. The van der Waals surface area contributed by atoms with Gasteiger partial charge in [0.05, 0.1) is 5.69 Å². The van der Waals surface area contributed by atoms with Crippen molar-refractivity contribution >= 4 is 16.5 Å². The van der Waals surface area contributed by atoms with Crippen LogP contribution in [0.3, 0.4) is 0 Å². The number of nitrogens with zero attached hydrogens (tertiary/aromatic N) is 1. The number of anilines is 1. The van der Waals surface area contributed by atoms with E-state index in [-0.39, 0.29) is 0 Å². The summed E-state index contributed by atoms with van der Waals surface area (Å²) >= 11 is 1.33. The topological polar surface area (TPSA) is 38.9 Å². The highest BCUT2D eigenvalue weighted by molar-refractivity contribution is 7.15. The van der Waals surface area contributed by atoms with Gasteiger partial charge in [-0.05, 0) is 18.6 Å². The van der Waals surface area contributed by atoms with Gasteiger partial charge in [-0.1, -0.05) is 6.92 Å². The molecule has 16 heavy (non-hydrogen) atoms. The third-order valence-corrected chi connectivity index (χ3v) is 3.25. The van der Waals surface area contributed by atoms with E-state index >= 15 is 0 Å². The molecule has 2 rings (SSSR count). The maximum Gasteiger partial charge on any atom is 0.180 e. The van der Waals surface area contributed by atoms with Crippen molar-refractivity contribution in [1.29, 1.82) is 0 Å². The first-order valence-electron chi connectivity index (χ1n) is 4.82. The van der Waals surface area contributed by atoms with Gasteiger partial charge in [0.2, 0.25) is 0 Å². The lowest BCUT2D eigenvalue weighted by molar-refractivity contribution is 0.585. The minimum absolute atomic E-state index is 0.297. The third kappa shape index (κ3) is 1.90. The Bertz CT molecular complexity index is 523. The predicted molar refractivity (Wildman–Crippen MR) is 61.3 cm³/mol. The zero-order valence-electron chi connectivity index (χ0n) is 8.63. The van der Waals surface area contributed by atoms with E-state index in [0.717, 1.165) is 17.4 Å². The van der Waals surface area contributed by atoms with Gasteiger partial charge < -0.3 is 5.73 Å². The highest BCUT2D eigenvalue weighted by Gasteiger charge is 2.14. The molecular formula is C11H10F2N2S. The molecule has 0 saturated carbocycles. The minimum Gasteiger partial charge on any atom is -0.375 e. The van der Waals surface area contributed by atoms with Gasteiger partial charge in [0, 0.05) is 16.5 Å². The minimum atomic E-state index is -0.611. The number of nitrogen functional groups attached to an aromatic ring is 1. The standard InChI is InChI=1S/C11H10F2N2S/c1-2-9-10(15-11(14)16-9)7-4-3-6(12)5-8(7)13/h3-5H,2H2,1H3,(H2,14,15). The van der Waals surface area contributed by atoms with Gasteiger partial charge in [-0.2, -0.15) is 0 Å². The molecule has 0 bridgehead atoms. The first-order chi connectivity index (χ1) is 7.61. The zero-order chi connectivity index (χ0) is 11.7. The smallest absolute Gasteiger partial charge is 0.180 e. The van der Waals surface area contributed by atoms with Crippen LogP contribution in [0.2, 0.25) is 0 Å². The second-order valence-corrected chi connectivity index (χ2v) is 4.42. The Balaban J connectivity index is 2.57. The lowest BCUT2D eigenvalue weighted by atomic mass is 10.1.